The van der Waals surface area contributed by atoms with Crippen molar-refractivity contribution in [3.8, 4) is 0 Å². The highest BCUT2D eigenvalue weighted by Gasteiger charge is 2.19. The van der Waals surface area contributed by atoms with Crippen molar-refractivity contribution in [1.82, 2.24) is 0 Å². The van der Waals surface area contributed by atoms with E-state index in [1.807, 2.05) is 0 Å². The van der Waals surface area contributed by atoms with Crippen LogP contribution in [-0.2, 0) is 0 Å². The minimum absolute atomic E-state index is 0.287. The molecule has 0 aliphatic carbocycles. The van der Waals surface area contributed by atoms with Crippen LogP contribution in [-0.4, -0.2) is 18.2 Å². The summed E-state index contributed by atoms with van der Waals surface area (Å²) in [5, 5.41) is 9.50. The van der Waals surface area contributed by atoms with E-state index in [4.69, 9.17) is 0 Å². The number of rotatable bonds is 2. The lowest BCUT2D eigenvalue weighted by atomic mass is 10.0. The van der Waals surface area contributed by atoms with Crippen LogP contribution in [0.3, 0.4) is 0 Å². The highest BCUT2D eigenvalue weighted by Crippen LogP contribution is 2.29. The molecule has 14 heavy (non-hydrogen) atoms. The van der Waals surface area contributed by atoms with Crippen LogP contribution in [0.1, 0.15) is 25.0 Å². The molecule has 1 aliphatic rings. The molecule has 1 aromatic carbocycles. The zero-order chi connectivity index (χ0) is 10.1. The maximum atomic E-state index is 13.0. The number of hydrogen-bond donors (Lipinski definition) is 1. The Bertz CT molecular complexity index is 334. The molecule has 0 unspecified atom stereocenters. The summed E-state index contributed by atoms with van der Waals surface area (Å²) in [5.74, 6) is -0.287. The Hall–Kier alpha value is -1.09. The smallest absolute Gasteiger partial charge is 0.123 e. The number of benzene rings is 1. The Balaban J connectivity index is 2.36. The molecular weight excluding hydrogens is 181 g/mol. The zero-order valence-electron chi connectivity index (χ0n) is 8.20. The van der Waals surface area contributed by atoms with Crippen molar-refractivity contribution < 1.29 is 9.50 Å². The molecule has 1 aliphatic heterocycles. The van der Waals surface area contributed by atoms with Crippen LogP contribution in [0.15, 0.2) is 18.2 Å². The van der Waals surface area contributed by atoms with Gasteiger partial charge in [0, 0.05) is 24.3 Å². The minimum Gasteiger partial charge on any atom is -0.389 e. The van der Waals surface area contributed by atoms with Gasteiger partial charge in [0.1, 0.15) is 5.82 Å². The van der Waals surface area contributed by atoms with Gasteiger partial charge in [-0.3, -0.25) is 0 Å². The van der Waals surface area contributed by atoms with Gasteiger partial charge in [-0.2, -0.15) is 0 Å². The van der Waals surface area contributed by atoms with Gasteiger partial charge in [-0.15, -0.1) is 0 Å². The second kappa shape index (κ2) is 3.58. The molecule has 3 heteroatoms. The summed E-state index contributed by atoms with van der Waals surface area (Å²) >= 11 is 0. The van der Waals surface area contributed by atoms with E-state index in [1.165, 1.54) is 18.6 Å². The van der Waals surface area contributed by atoms with Crippen molar-refractivity contribution in [2.45, 2.75) is 19.4 Å². The molecule has 1 atom stereocenters. The van der Waals surface area contributed by atoms with E-state index in [0.717, 1.165) is 18.8 Å². The van der Waals surface area contributed by atoms with E-state index in [9.17, 15) is 9.50 Å². The summed E-state index contributed by atoms with van der Waals surface area (Å²) in [5.41, 5.74) is 1.65. The Morgan fingerprint density at radius 1 is 1.43 bits per heavy atom. The molecule has 0 bridgehead atoms. The van der Waals surface area contributed by atoms with Gasteiger partial charge < -0.3 is 10.0 Å². The SMILES string of the molecule is C[C@@H](O)c1cc(F)ccc1N1CCC1. The number of aliphatic hydroxyl groups is 1. The van der Waals surface area contributed by atoms with Crippen LogP contribution in [0.5, 0.6) is 0 Å². The lowest BCUT2D eigenvalue weighted by Gasteiger charge is -2.35. The number of aliphatic hydroxyl groups excluding tert-OH is 1. The average molecular weight is 195 g/mol. The Kier molecular flexibility index (Phi) is 2.42. The van der Waals surface area contributed by atoms with Gasteiger partial charge in [-0.1, -0.05) is 0 Å². The van der Waals surface area contributed by atoms with E-state index in [0.29, 0.717) is 5.56 Å². The normalized spacial score (nSPS) is 17.8. The second-order valence-electron chi connectivity index (χ2n) is 3.72. The molecule has 76 valence electrons. The standard InChI is InChI=1S/C11H14FNO/c1-8(14)10-7-9(12)3-4-11(10)13-5-2-6-13/h3-4,7-8,14H,2,5-6H2,1H3/t8-/m1/s1. The quantitative estimate of drug-likeness (QED) is 0.781. The molecule has 0 aromatic heterocycles. The molecule has 1 fully saturated rings. The first-order valence-corrected chi connectivity index (χ1v) is 4.91. The first kappa shape index (κ1) is 9.46. The predicted octanol–water partition coefficient (Wildman–Crippen LogP) is 2.09. The number of hydrogen-bond acceptors (Lipinski definition) is 2. The van der Waals surface area contributed by atoms with Gasteiger partial charge in [0.05, 0.1) is 6.10 Å². The lowest BCUT2D eigenvalue weighted by Crippen LogP contribution is -2.37. The number of anilines is 1. The van der Waals surface area contributed by atoms with Gasteiger partial charge in [-0.25, -0.2) is 4.39 Å². The molecule has 0 radical (unpaired) electrons. The maximum Gasteiger partial charge on any atom is 0.123 e. The van der Waals surface area contributed by atoms with E-state index in [1.54, 1.807) is 13.0 Å². The summed E-state index contributed by atoms with van der Waals surface area (Å²) in [7, 11) is 0. The molecule has 1 aromatic rings. The Morgan fingerprint density at radius 3 is 2.64 bits per heavy atom. The largest absolute Gasteiger partial charge is 0.389 e. The summed E-state index contributed by atoms with van der Waals surface area (Å²) in [6.07, 6.45) is 0.567. The van der Waals surface area contributed by atoms with Crippen LogP contribution in [0, 0.1) is 5.82 Å². The van der Waals surface area contributed by atoms with Gasteiger partial charge >= 0.3 is 0 Å². The Morgan fingerprint density at radius 2 is 2.14 bits per heavy atom. The fraction of sp³-hybridized carbons (Fsp3) is 0.455. The van der Waals surface area contributed by atoms with Crippen LogP contribution in [0.4, 0.5) is 10.1 Å². The van der Waals surface area contributed by atoms with Crippen molar-refractivity contribution in [1.29, 1.82) is 0 Å². The first-order valence-electron chi connectivity index (χ1n) is 4.91. The molecule has 0 amide bonds. The number of nitrogens with zero attached hydrogens (tertiary/aromatic N) is 1. The van der Waals surface area contributed by atoms with Gasteiger partial charge in [0.2, 0.25) is 0 Å². The molecule has 0 spiro atoms. The van der Waals surface area contributed by atoms with Crippen molar-refractivity contribution in [2.24, 2.45) is 0 Å². The summed E-state index contributed by atoms with van der Waals surface area (Å²) in [4.78, 5) is 2.15. The van der Waals surface area contributed by atoms with Gasteiger partial charge in [0.25, 0.3) is 0 Å². The monoisotopic (exact) mass is 195 g/mol. The molecule has 0 saturated carbocycles. The van der Waals surface area contributed by atoms with Crippen LogP contribution in [0.25, 0.3) is 0 Å². The molecule has 2 rings (SSSR count). The van der Waals surface area contributed by atoms with Gasteiger partial charge in [-0.05, 0) is 31.5 Å². The minimum atomic E-state index is -0.610. The molecule has 1 saturated heterocycles. The average Bonchev–Trinajstić information content (AvgIpc) is 2.04. The predicted molar refractivity (Wildman–Crippen MR) is 53.9 cm³/mol. The highest BCUT2D eigenvalue weighted by atomic mass is 19.1. The van der Waals surface area contributed by atoms with Crippen molar-refractivity contribution in [2.75, 3.05) is 18.0 Å². The summed E-state index contributed by atoms with van der Waals surface area (Å²) < 4.78 is 13.0. The highest BCUT2D eigenvalue weighted by molar-refractivity contribution is 5.56. The second-order valence-corrected chi connectivity index (χ2v) is 3.72. The van der Waals surface area contributed by atoms with E-state index < -0.39 is 6.10 Å². The van der Waals surface area contributed by atoms with Crippen molar-refractivity contribution in [3.63, 3.8) is 0 Å². The topological polar surface area (TPSA) is 23.5 Å². The van der Waals surface area contributed by atoms with Crippen LogP contribution >= 0.6 is 0 Å². The van der Waals surface area contributed by atoms with Crippen LogP contribution in [0.2, 0.25) is 0 Å². The lowest BCUT2D eigenvalue weighted by molar-refractivity contribution is 0.199. The molecular formula is C11H14FNO. The summed E-state index contributed by atoms with van der Waals surface area (Å²) in [6.45, 7) is 3.68. The zero-order valence-corrected chi connectivity index (χ0v) is 8.20. The third kappa shape index (κ3) is 1.60. The van der Waals surface area contributed by atoms with Crippen LogP contribution < -0.4 is 4.90 Å². The van der Waals surface area contributed by atoms with E-state index in [-0.39, 0.29) is 5.82 Å². The third-order valence-corrected chi connectivity index (χ3v) is 2.64. The fourth-order valence-electron chi connectivity index (χ4n) is 1.71. The van der Waals surface area contributed by atoms with Crippen molar-refractivity contribution in [3.05, 3.63) is 29.6 Å². The third-order valence-electron chi connectivity index (χ3n) is 2.64. The van der Waals surface area contributed by atoms with E-state index >= 15 is 0 Å². The van der Waals surface area contributed by atoms with E-state index in [2.05, 4.69) is 4.90 Å². The summed E-state index contributed by atoms with van der Waals surface area (Å²) in [6, 6.07) is 4.61. The molecule has 1 heterocycles. The Labute approximate surface area is 83.0 Å². The number of halogens is 1. The molecule has 1 N–H and O–H groups in total. The fourth-order valence-corrected chi connectivity index (χ4v) is 1.71. The maximum absolute atomic E-state index is 13.0. The first-order chi connectivity index (χ1) is 6.68. The van der Waals surface area contributed by atoms with Gasteiger partial charge in [0.15, 0.2) is 0 Å². The molecule has 2 nitrogen and oxygen atoms in total. The van der Waals surface area contributed by atoms with Crippen molar-refractivity contribution >= 4 is 5.69 Å².